The van der Waals surface area contributed by atoms with Crippen molar-refractivity contribution in [3.8, 4) is 17.2 Å². The van der Waals surface area contributed by atoms with E-state index in [4.69, 9.17) is 9.47 Å². The molecule has 0 unspecified atom stereocenters. The summed E-state index contributed by atoms with van der Waals surface area (Å²) < 4.78 is 11.0. The van der Waals surface area contributed by atoms with E-state index in [9.17, 15) is 14.9 Å². The van der Waals surface area contributed by atoms with Gasteiger partial charge in [0.2, 0.25) is 5.91 Å². The van der Waals surface area contributed by atoms with E-state index in [2.05, 4.69) is 10.6 Å². The molecule has 0 heterocycles. The molecule has 8 heteroatoms. The zero-order valence-electron chi connectivity index (χ0n) is 15.6. The fourth-order valence-corrected chi connectivity index (χ4v) is 2.58. The number of benzene rings is 3. The Kier molecular flexibility index (Phi) is 6.26. The van der Waals surface area contributed by atoms with E-state index in [-0.39, 0.29) is 23.9 Å². The zero-order chi connectivity index (χ0) is 20.6. The molecule has 0 aliphatic rings. The minimum absolute atomic E-state index is 0.0324. The van der Waals surface area contributed by atoms with Gasteiger partial charge in [-0.1, -0.05) is 30.3 Å². The molecular formula is C21H19N3O5. The van der Waals surface area contributed by atoms with Crippen molar-refractivity contribution in [2.75, 3.05) is 24.3 Å². The lowest BCUT2D eigenvalue weighted by atomic mass is 10.2. The summed E-state index contributed by atoms with van der Waals surface area (Å²) in [6.45, 7) is -0.0324. The average molecular weight is 393 g/mol. The van der Waals surface area contributed by atoms with E-state index < -0.39 is 4.92 Å². The minimum Gasteiger partial charge on any atom is -0.494 e. The number of amides is 1. The third-order valence-corrected chi connectivity index (χ3v) is 3.97. The number of rotatable bonds is 8. The van der Waals surface area contributed by atoms with Crippen LogP contribution in [0.4, 0.5) is 17.1 Å². The smallest absolute Gasteiger partial charge is 0.273 e. The maximum absolute atomic E-state index is 12.3. The highest BCUT2D eigenvalue weighted by Crippen LogP contribution is 2.30. The van der Waals surface area contributed by atoms with Gasteiger partial charge in [-0.3, -0.25) is 14.9 Å². The van der Waals surface area contributed by atoms with Crippen LogP contribution in [-0.2, 0) is 4.79 Å². The van der Waals surface area contributed by atoms with Gasteiger partial charge < -0.3 is 20.1 Å². The highest BCUT2D eigenvalue weighted by atomic mass is 16.6. The Labute approximate surface area is 167 Å². The van der Waals surface area contributed by atoms with Crippen molar-refractivity contribution in [2.24, 2.45) is 0 Å². The summed E-state index contributed by atoms with van der Waals surface area (Å²) in [5.41, 5.74) is 0.880. The van der Waals surface area contributed by atoms with Gasteiger partial charge >= 0.3 is 0 Å². The lowest BCUT2D eigenvalue weighted by Crippen LogP contribution is -2.22. The van der Waals surface area contributed by atoms with E-state index >= 15 is 0 Å². The Hall–Kier alpha value is -4.07. The summed E-state index contributed by atoms with van der Waals surface area (Å²) in [5, 5.41) is 16.6. The van der Waals surface area contributed by atoms with E-state index in [0.29, 0.717) is 22.9 Å². The molecule has 0 radical (unpaired) electrons. The van der Waals surface area contributed by atoms with Gasteiger partial charge in [0.05, 0.1) is 36.0 Å². The van der Waals surface area contributed by atoms with Gasteiger partial charge in [-0.15, -0.1) is 0 Å². The van der Waals surface area contributed by atoms with Crippen molar-refractivity contribution in [3.05, 3.63) is 82.9 Å². The molecule has 148 valence electrons. The number of para-hydroxylation sites is 3. The van der Waals surface area contributed by atoms with Gasteiger partial charge in [0.1, 0.15) is 11.5 Å². The van der Waals surface area contributed by atoms with Crippen molar-refractivity contribution in [3.63, 3.8) is 0 Å². The number of ether oxygens (including phenoxy) is 2. The van der Waals surface area contributed by atoms with Crippen LogP contribution in [0.3, 0.4) is 0 Å². The van der Waals surface area contributed by atoms with Crippen molar-refractivity contribution in [1.29, 1.82) is 0 Å². The molecule has 29 heavy (non-hydrogen) atoms. The number of nitro groups is 1. The quantitative estimate of drug-likeness (QED) is 0.433. The van der Waals surface area contributed by atoms with Crippen LogP contribution < -0.4 is 20.1 Å². The molecule has 0 aromatic heterocycles. The largest absolute Gasteiger partial charge is 0.494 e. The molecule has 0 saturated heterocycles. The topological polar surface area (TPSA) is 103 Å². The fraction of sp³-hybridized carbons (Fsp3) is 0.0952. The van der Waals surface area contributed by atoms with E-state index in [1.165, 1.54) is 25.3 Å². The highest BCUT2D eigenvalue weighted by Gasteiger charge is 2.14. The molecule has 0 bridgehead atoms. The van der Waals surface area contributed by atoms with Gasteiger partial charge in [0, 0.05) is 6.07 Å². The maximum Gasteiger partial charge on any atom is 0.273 e. The van der Waals surface area contributed by atoms with Gasteiger partial charge in [0.15, 0.2) is 5.75 Å². The molecular weight excluding hydrogens is 374 g/mol. The Bertz CT molecular complexity index is 1010. The third-order valence-electron chi connectivity index (χ3n) is 3.97. The lowest BCUT2D eigenvalue weighted by molar-refractivity contribution is -0.384. The summed E-state index contributed by atoms with van der Waals surface area (Å²) in [6.07, 6.45) is 0. The van der Waals surface area contributed by atoms with Crippen LogP contribution in [0.2, 0.25) is 0 Å². The molecule has 0 aliphatic carbocycles. The fourth-order valence-electron chi connectivity index (χ4n) is 2.58. The summed E-state index contributed by atoms with van der Waals surface area (Å²) in [6, 6.07) is 20.6. The zero-order valence-corrected chi connectivity index (χ0v) is 15.6. The molecule has 0 spiro atoms. The highest BCUT2D eigenvalue weighted by molar-refractivity contribution is 5.95. The van der Waals surface area contributed by atoms with Crippen LogP contribution >= 0.6 is 0 Å². The minimum atomic E-state index is -0.528. The Morgan fingerprint density at radius 1 is 0.966 bits per heavy atom. The second-order valence-electron chi connectivity index (χ2n) is 5.95. The first kappa shape index (κ1) is 19.7. The SMILES string of the molecule is COc1cc([N+](=O)[O-])ccc1NC(=O)CNc1ccccc1Oc1ccccc1. The van der Waals surface area contributed by atoms with Gasteiger partial charge in [0.25, 0.3) is 5.69 Å². The summed E-state index contributed by atoms with van der Waals surface area (Å²) >= 11 is 0. The number of non-ortho nitro benzene ring substituents is 1. The number of methoxy groups -OCH3 is 1. The lowest BCUT2D eigenvalue weighted by Gasteiger charge is -2.14. The molecule has 0 aliphatic heterocycles. The number of nitro benzene ring substituents is 1. The maximum atomic E-state index is 12.3. The second kappa shape index (κ2) is 9.23. The number of anilines is 2. The van der Waals surface area contributed by atoms with Crippen LogP contribution in [0.1, 0.15) is 0 Å². The predicted molar refractivity (Wildman–Crippen MR) is 110 cm³/mol. The first-order valence-corrected chi connectivity index (χ1v) is 8.75. The van der Waals surface area contributed by atoms with Gasteiger partial charge in [-0.2, -0.15) is 0 Å². The molecule has 0 atom stereocenters. The van der Waals surface area contributed by atoms with Crippen LogP contribution in [0.15, 0.2) is 72.8 Å². The Morgan fingerprint density at radius 3 is 2.41 bits per heavy atom. The molecule has 3 rings (SSSR count). The van der Waals surface area contributed by atoms with Crippen molar-refractivity contribution >= 4 is 23.0 Å². The molecule has 0 saturated carbocycles. The van der Waals surface area contributed by atoms with Crippen LogP contribution in [-0.4, -0.2) is 24.5 Å². The molecule has 0 fully saturated rings. The first-order chi connectivity index (χ1) is 14.1. The number of hydrogen-bond donors (Lipinski definition) is 2. The Balaban J connectivity index is 1.65. The Morgan fingerprint density at radius 2 is 1.69 bits per heavy atom. The van der Waals surface area contributed by atoms with Crippen LogP contribution in [0.25, 0.3) is 0 Å². The molecule has 2 N–H and O–H groups in total. The number of nitrogens with one attached hydrogen (secondary N) is 2. The number of carbonyl (C=O) groups excluding carboxylic acids is 1. The van der Waals surface area contributed by atoms with Crippen molar-refractivity contribution in [2.45, 2.75) is 0 Å². The van der Waals surface area contributed by atoms with Gasteiger partial charge in [-0.25, -0.2) is 0 Å². The van der Waals surface area contributed by atoms with Gasteiger partial charge in [-0.05, 0) is 30.3 Å². The molecule has 3 aromatic rings. The molecule has 3 aromatic carbocycles. The van der Waals surface area contributed by atoms with E-state index in [0.717, 1.165) is 0 Å². The summed E-state index contributed by atoms with van der Waals surface area (Å²) in [4.78, 5) is 22.7. The number of nitrogens with zero attached hydrogens (tertiary/aromatic N) is 1. The average Bonchev–Trinajstić information content (AvgIpc) is 2.74. The van der Waals surface area contributed by atoms with Crippen LogP contribution in [0, 0.1) is 10.1 Å². The summed E-state index contributed by atoms with van der Waals surface area (Å²) in [7, 11) is 1.38. The first-order valence-electron chi connectivity index (χ1n) is 8.75. The second-order valence-corrected chi connectivity index (χ2v) is 5.95. The monoisotopic (exact) mass is 393 g/mol. The van der Waals surface area contributed by atoms with E-state index in [1.807, 2.05) is 42.5 Å². The normalized spacial score (nSPS) is 10.1. The standard InChI is InChI=1S/C21H19N3O5/c1-28-20-13-15(24(26)27)11-12-18(20)23-21(25)14-22-17-9-5-6-10-19(17)29-16-7-3-2-4-8-16/h2-13,22H,14H2,1H3,(H,23,25). The van der Waals surface area contributed by atoms with Crippen molar-refractivity contribution in [1.82, 2.24) is 0 Å². The number of hydrogen-bond acceptors (Lipinski definition) is 6. The number of carbonyl (C=O) groups is 1. The van der Waals surface area contributed by atoms with Crippen molar-refractivity contribution < 1.29 is 19.2 Å². The molecule has 8 nitrogen and oxygen atoms in total. The third kappa shape index (κ3) is 5.23. The predicted octanol–water partition coefficient (Wildman–Crippen LogP) is 4.45. The van der Waals surface area contributed by atoms with E-state index in [1.54, 1.807) is 12.1 Å². The summed E-state index contributed by atoms with van der Waals surface area (Å²) in [5.74, 6) is 1.13. The molecule has 1 amide bonds. The van der Waals surface area contributed by atoms with Crippen LogP contribution in [0.5, 0.6) is 17.2 Å².